The van der Waals surface area contributed by atoms with Crippen LogP contribution in [0.1, 0.15) is 22.3 Å². The van der Waals surface area contributed by atoms with Crippen LogP contribution in [0.3, 0.4) is 0 Å². The predicted molar refractivity (Wildman–Crippen MR) is 87.2 cm³/mol. The number of hydrogen-bond acceptors (Lipinski definition) is 3. The number of carboxylic acid groups (broad SMARTS) is 1. The molecule has 4 nitrogen and oxygen atoms in total. The van der Waals surface area contributed by atoms with E-state index in [1.165, 1.54) is 18.2 Å². The summed E-state index contributed by atoms with van der Waals surface area (Å²) in [5, 5.41) is 12.3. The van der Waals surface area contributed by atoms with Crippen LogP contribution >= 0.6 is 0 Å². The van der Waals surface area contributed by atoms with Crippen LogP contribution < -0.4 is 10.2 Å². The Morgan fingerprint density at radius 2 is 1.92 bits per heavy atom. The average molecular weight is 332 g/mol. The first-order valence-corrected chi connectivity index (χ1v) is 7.79. The van der Waals surface area contributed by atoms with Crippen molar-refractivity contribution in [3.63, 3.8) is 0 Å². The highest BCUT2D eigenvalue weighted by molar-refractivity contribution is 5.87. The first-order valence-electron chi connectivity index (χ1n) is 7.79. The summed E-state index contributed by atoms with van der Waals surface area (Å²) >= 11 is 0. The van der Waals surface area contributed by atoms with Gasteiger partial charge in [0.2, 0.25) is 0 Å². The lowest BCUT2D eigenvalue weighted by molar-refractivity contribution is 0.0696. The summed E-state index contributed by atoms with van der Waals surface area (Å²) in [5.74, 6) is -2.06. The first-order chi connectivity index (χ1) is 11.5. The minimum Gasteiger partial charge on any atom is -0.478 e. The fourth-order valence-electron chi connectivity index (χ4n) is 3.00. The van der Waals surface area contributed by atoms with E-state index in [-0.39, 0.29) is 17.3 Å². The number of aromatic carboxylic acids is 1. The molecule has 0 saturated carbocycles. The molecule has 2 aromatic rings. The van der Waals surface area contributed by atoms with Gasteiger partial charge in [-0.05, 0) is 36.2 Å². The van der Waals surface area contributed by atoms with Crippen molar-refractivity contribution in [2.24, 2.45) is 0 Å². The highest BCUT2D eigenvalue weighted by Crippen LogP contribution is 2.26. The fraction of sp³-hybridized carbons (Fsp3) is 0.278. The molecule has 0 amide bonds. The van der Waals surface area contributed by atoms with Gasteiger partial charge >= 0.3 is 5.97 Å². The second-order valence-electron chi connectivity index (χ2n) is 5.89. The van der Waals surface area contributed by atoms with Crippen LogP contribution in [0.2, 0.25) is 0 Å². The lowest BCUT2D eigenvalue weighted by Crippen LogP contribution is -2.32. The SMILES string of the molecule is O=C(O)c1cccc(CNC2CCN(c3c(F)cccc3F)C2)c1. The smallest absolute Gasteiger partial charge is 0.335 e. The van der Waals surface area contributed by atoms with Crippen LogP contribution in [0.25, 0.3) is 0 Å². The molecule has 0 spiro atoms. The molecule has 1 saturated heterocycles. The van der Waals surface area contributed by atoms with Gasteiger partial charge in [0.05, 0.1) is 5.56 Å². The van der Waals surface area contributed by atoms with Crippen molar-refractivity contribution in [2.45, 2.75) is 19.0 Å². The second kappa shape index (κ2) is 6.97. The molecule has 24 heavy (non-hydrogen) atoms. The maximum atomic E-state index is 13.8. The topological polar surface area (TPSA) is 52.6 Å². The van der Waals surface area contributed by atoms with Gasteiger partial charge in [-0.2, -0.15) is 0 Å². The van der Waals surface area contributed by atoms with Crippen LogP contribution in [-0.2, 0) is 6.54 Å². The van der Waals surface area contributed by atoms with E-state index in [1.807, 2.05) is 6.07 Å². The number of nitrogens with one attached hydrogen (secondary N) is 1. The Balaban J connectivity index is 1.61. The van der Waals surface area contributed by atoms with Gasteiger partial charge in [-0.25, -0.2) is 13.6 Å². The molecule has 1 unspecified atom stereocenters. The highest BCUT2D eigenvalue weighted by atomic mass is 19.1. The van der Waals surface area contributed by atoms with Crippen LogP contribution in [0, 0.1) is 11.6 Å². The van der Waals surface area contributed by atoms with Crippen LogP contribution in [0.15, 0.2) is 42.5 Å². The van der Waals surface area contributed by atoms with E-state index < -0.39 is 17.6 Å². The Labute approximate surface area is 138 Å². The maximum Gasteiger partial charge on any atom is 0.335 e. The van der Waals surface area contributed by atoms with Crippen molar-refractivity contribution in [2.75, 3.05) is 18.0 Å². The van der Waals surface area contributed by atoms with Crippen molar-refractivity contribution in [3.8, 4) is 0 Å². The van der Waals surface area contributed by atoms with E-state index >= 15 is 0 Å². The van der Waals surface area contributed by atoms with Gasteiger partial charge in [-0.3, -0.25) is 0 Å². The van der Waals surface area contributed by atoms with Crippen LogP contribution in [0.4, 0.5) is 14.5 Å². The zero-order valence-corrected chi connectivity index (χ0v) is 13.0. The number of carboxylic acids is 1. The quantitative estimate of drug-likeness (QED) is 0.884. The molecule has 2 N–H and O–H groups in total. The number of benzene rings is 2. The minimum atomic E-state index is -0.959. The van der Waals surface area contributed by atoms with Gasteiger partial charge in [0.15, 0.2) is 0 Å². The Kier molecular flexibility index (Phi) is 4.76. The number of halogens is 2. The minimum absolute atomic E-state index is 0.0228. The first kappa shape index (κ1) is 16.4. The van der Waals surface area contributed by atoms with E-state index in [9.17, 15) is 13.6 Å². The Bertz CT molecular complexity index is 731. The van der Waals surface area contributed by atoms with Crippen molar-refractivity contribution in [1.82, 2.24) is 5.32 Å². The molecule has 0 radical (unpaired) electrons. The average Bonchev–Trinajstić information content (AvgIpc) is 3.01. The van der Waals surface area contributed by atoms with E-state index in [0.29, 0.717) is 19.6 Å². The number of anilines is 1. The van der Waals surface area contributed by atoms with Crippen LogP contribution in [0.5, 0.6) is 0 Å². The van der Waals surface area contributed by atoms with Crippen molar-refractivity contribution in [3.05, 3.63) is 65.2 Å². The molecule has 2 aromatic carbocycles. The molecule has 0 bridgehead atoms. The van der Waals surface area contributed by atoms with E-state index in [2.05, 4.69) is 5.32 Å². The molecule has 1 fully saturated rings. The Hall–Kier alpha value is -2.47. The number of hydrogen-bond donors (Lipinski definition) is 2. The monoisotopic (exact) mass is 332 g/mol. The van der Waals surface area contributed by atoms with Gasteiger partial charge in [0.1, 0.15) is 17.3 Å². The number of rotatable bonds is 5. The lowest BCUT2D eigenvalue weighted by atomic mass is 10.1. The molecule has 1 atom stereocenters. The zero-order valence-electron chi connectivity index (χ0n) is 13.0. The normalized spacial score (nSPS) is 17.2. The van der Waals surface area contributed by atoms with Crippen molar-refractivity contribution in [1.29, 1.82) is 0 Å². The molecular formula is C18H18F2N2O2. The second-order valence-corrected chi connectivity index (χ2v) is 5.89. The molecule has 6 heteroatoms. The van der Waals surface area contributed by atoms with Gasteiger partial charge in [-0.15, -0.1) is 0 Å². The molecule has 126 valence electrons. The van der Waals surface area contributed by atoms with Gasteiger partial charge < -0.3 is 15.3 Å². The number of para-hydroxylation sites is 1. The van der Waals surface area contributed by atoms with Gasteiger partial charge in [0.25, 0.3) is 0 Å². The molecule has 1 aliphatic heterocycles. The largest absolute Gasteiger partial charge is 0.478 e. The maximum absolute atomic E-state index is 13.8. The van der Waals surface area contributed by atoms with E-state index in [0.717, 1.165) is 12.0 Å². The van der Waals surface area contributed by atoms with Gasteiger partial charge in [-0.1, -0.05) is 18.2 Å². The summed E-state index contributed by atoms with van der Waals surface area (Å²) in [6.45, 7) is 1.60. The molecular weight excluding hydrogens is 314 g/mol. The van der Waals surface area contributed by atoms with Crippen LogP contribution in [-0.4, -0.2) is 30.2 Å². The van der Waals surface area contributed by atoms with E-state index in [4.69, 9.17) is 5.11 Å². The standard InChI is InChI=1S/C18H18F2N2O2/c19-15-5-2-6-16(20)17(15)22-8-7-14(11-22)21-10-12-3-1-4-13(9-12)18(23)24/h1-6,9,14,21H,7-8,10-11H2,(H,23,24). The van der Waals surface area contributed by atoms with Crippen molar-refractivity contribution < 1.29 is 18.7 Å². The number of carbonyl (C=O) groups is 1. The Morgan fingerprint density at radius 1 is 1.21 bits per heavy atom. The van der Waals surface area contributed by atoms with Crippen molar-refractivity contribution >= 4 is 11.7 Å². The molecule has 3 rings (SSSR count). The summed E-state index contributed by atoms with van der Waals surface area (Å²) < 4.78 is 27.7. The summed E-state index contributed by atoms with van der Waals surface area (Å²) in [6, 6.07) is 10.7. The third-order valence-electron chi connectivity index (χ3n) is 4.21. The third kappa shape index (κ3) is 3.54. The van der Waals surface area contributed by atoms with E-state index in [1.54, 1.807) is 23.1 Å². The number of nitrogens with zero attached hydrogens (tertiary/aromatic N) is 1. The Morgan fingerprint density at radius 3 is 2.62 bits per heavy atom. The molecule has 1 heterocycles. The lowest BCUT2D eigenvalue weighted by Gasteiger charge is -2.20. The fourth-order valence-corrected chi connectivity index (χ4v) is 3.00. The van der Waals surface area contributed by atoms with Gasteiger partial charge in [0, 0.05) is 25.7 Å². The molecule has 0 aromatic heterocycles. The summed E-state index contributed by atoms with van der Waals surface area (Å²) in [7, 11) is 0. The molecule has 0 aliphatic carbocycles. The predicted octanol–water partition coefficient (Wildman–Crippen LogP) is 3.03. The zero-order chi connectivity index (χ0) is 17.1. The summed E-state index contributed by atoms with van der Waals surface area (Å²) in [5.41, 5.74) is 1.14. The highest BCUT2D eigenvalue weighted by Gasteiger charge is 2.26. The molecule has 1 aliphatic rings. The third-order valence-corrected chi connectivity index (χ3v) is 4.21. The summed E-state index contributed by atoms with van der Waals surface area (Å²) in [4.78, 5) is 12.7. The summed E-state index contributed by atoms with van der Waals surface area (Å²) in [6.07, 6.45) is 0.770.